The summed E-state index contributed by atoms with van der Waals surface area (Å²) in [7, 11) is -3.23. The summed E-state index contributed by atoms with van der Waals surface area (Å²) in [5.41, 5.74) is 8.07. The zero-order valence-electron chi connectivity index (χ0n) is 10.1. The average molecular weight is 276 g/mol. The first-order valence-corrected chi connectivity index (χ1v) is 7.66. The van der Waals surface area contributed by atoms with Gasteiger partial charge in [0.2, 0.25) is 0 Å². The molecule has 0 heterocycles. The molecule has 1 rings (SSSR count). The predicted molar refractivity (Wildman–Crippen MR) is 71.8 cm³/mol. The smallest absolute Gasteiger partial charge is 0.166 e. The number of sulfone groups is 1. The molecule has 0 aliphatic rings. The number of hydrogen-bond donors (Lipinski definition) is 1. The van der Waals surface area contributed by atoms with Crippen molar-refractivity contribution in [2.45, 2.75) is 31.0 Å². The molecule has 0 saturated carbocycles. The number of alkyl halides is 1. The third-order valence-corrected chi connectivity index (χ3v) is 5.40. The molecule has 3 nitrogen and oxygen atoms in total. The lowest BCUT2D eigenvalue weighted by atomic mass is 10.0. The monoisotopic (exact) mass is 275 g/mol. The lowest BCUT2D eigenvalue weighted by Gasteiger charge is -2.15. The van der Waals surface area contributed by atoms with Crippen molar-refractivity contribution in [2.75, 3.05) is 5.75 Å². The van der Waals surface area contributed by atoms with Gasteiger partial charge in [-0.1, -0.05) is 24.3 Å². The van der Waals surface area contributed by atoms with Gasteiger partial charge in [-0.15, -0.1) is 11.6 Å². The summed E-state index contributed by atoms with van der Waals surface area (Å²) in [6.07, 6.45) is 0.393. The van der Waals surface area contributed by atoms with Crippen LogP contribution in [0.4, 0.5) is 0 Å². The Hall–Kier alpha value is -0.580. The summed E-state index contributed by atoms with van der Waals surface area (Å²) in [6, 6.07) is 7.47. The first-order valence-electron chi connectivity index (χ1n) is 5.51. The minimum absolute atomic E-state index is 0.0210. The summed E-state index contributed by atoms with van der Waals surface area (Å²) < 4.78 is 22.3. The first-order chi connectivity index (χ1) is 7.84. The number of benzene rings is 1. The molecule has 1 aromatic carbocycles. The van der Waals surface area contributed by atoms with Gasteiger partial charge in [-0.2, -0.15) is 0 Å². The van der Waals surface area contributed by atoms with E-state index in [1.54, 1.807) is 0 Å². The van der Waals surface area contributed by atoms with Crippen molar-refractivity contribution in [3.8, 4) is 0 Å². The van der Waals surface area contributed by atoms with Gasteiger partial charge in [-0.3, -0.25) is 0 Å². The number of halogens is 1. The molecule has 5 heteroatoms. The van der Waals surface area contributed by atoms with Gasteiger partial charge in [0, 0.05) is 6.04 Å². The van der Waals surface area contributed by atoms with E-state index in [9.17, 15) is 8.42 Å². The van der Waals surface area contributed by atoms with Crippen molar-refractivity contribution < 1.29 is 8.42 Å². The zero-order valence-corrected chi connectivity index (χ0v) is 11.6. The highest BCUT2D eigenvalue weighted by Gasteiger charge is 2.20. The quantitative estimate of drug-likeness (QED) is 0.840. The standard InChI is InChI=1S/C12H18ClNO2S/c1-9-5-3-4-6-11(9)12(14)7-8-17(15,16)10(2)13/h3-6,10,12H,7-8,14H2,1-2H3. The fraction of sp³-hybridized carbons (Fsp3) is 0.500. The average Bonchev–Trinajstić information content (AvgIpc) is 2.26. The summed E-state index contributed by atoms with van der Waals surface area (Å²) in [5, 5.41) is 0. The fourth-order valence-electron chi connectivity index (χ4n) is 1.61. The molecule has 0 fully saturated rings. The maximum Gasteiger partial charge on any atom is 0.166 e. The molecule has 17 heavy (non-hydrogen) atoms. The largest absolute Gasteiger partial charge is 0.324 e. The van der Waals surface area contributed by atoms with E-state index in [2.05, 4.69) is 0 Å². The Morgan fingerprint density at radius 2 is 1.94 bits per heavy atom. The molecule has 2 atom stereocenters. The van der Waals surface area contributed by atoms with E-state index < -0.39 is 14.5 Å². The number of rotatable bonds is 5. The Morgan fingerprint density at radius 3 is 2.47 bits per heavy atom. The first kappa shape index (κ1) is 14.5. The lowest BCUT2D eigenvalue weighted by Crippen LogP contribution is -2.21. The van der Waals surface area contributed by atoms with Crippen molar-refractivity contribution >= 4 is 21.4 Å². The second kappa shape index (κ2) is 5.85. The summed E-state index contributed by atoms with van der Waals surface area (Å²) in [6.45, 7) is 3.43. The maximum absolute atomic E-state index is 11.6. The predicted octanol–water partition coefficient (Wildman–Crippen LogP) is 2.38. The molecule has 0 aromatic heterocycles. The molecule has 2 unspecified atom stereocenters. The van der Waals surface area contributed by atoms with Crippen molar-refractivity contribution in [3.05, 3.63) is 35.4 Å². The Bertz CT molecular complexity index is 471. The van der Waals surface area contributed by atoms with Gasteiger partial charge in [-0.25, -0.2) is 8.42 Å². The van der Waals surface area contributed by atoms with E-state index in [-0.39, 0.29) is 11.8 Å². The van der Waals surface area contributed by atoms with Crippen LogP contribution < -0.4 is 5.73 Å². The van der Waals surface area contributed by atoms with Crippen LogP contribution in [0.15, 0.2) is 24.3 Å². The lowest BCUT2D eigenvalue weighted by molar-refractivity contribution is 0.584. The van der Waals surface area contributed by atoms with Crippen LogP contribution >= 0.6 is 11.6 Å². The third kappa shape index (κ3) is 3.98. The highest BCUT2D eigenvalue weighted by Crippen LogP contribution is 2.20. The van der Waals surface area contributed by atoms with E-state index >= 15 is 0 Å². The van der Waals surface area contributed by atoms with Crippen molar-refractivity contribution in [1.29, 1.82) is 0 Å². The van der Waals surface area contributed by atoms with Crippen LogP contribution in [-0.2, 0) is 9.84 Å². The van der Waals surface area contributed by atoms with Crippen LogP contribution in [-0.4, -0.2) is 18.9 Å². The van der Waals surface area contributed by atoms with Crippen LogP contribution in [0, 0.1) is 6.92 Å². The topological polar surface area (TPSA) is 60.2 Å². The Kier molecular flexibility index (Phi) is 4.98. The number of aryl methyl sites for hydroxylation is 1. The van der Waals surface area contributed by atoms with Crippen LogP contribution in [0.1, 0.15) is 30.5 Å². The molecular formula is C12H18ClNO2S. The van der Waals surface area contributed by atoms with Crippen molar-refractivity contribution in [1.82, 2.24) is 0 Å². The fourth-order valence-corrected chi connectivity index (χ4v) is 2.79. The van der Waals surface area contributed by atoms with Crippen LogP contribution in [0.2, 0.25) is 0 Å². The van der Waals surface area contributed by atoms with E-state index in [4.69, 9.17) is 17.3 Å². The summed E-state index contributed by atoms with van der Waals surface area (Å²) >= 11 is 5.60. The Labute approximate surface area is 108 Å². The van der Waals surface area contributed by atoms with Crippen LogP contribution in [0.3, 0.4) is 0 Å². The van der Waals surface area contributed by atoms with Gasteiger partial charge in [0.25, 0.3) is 0 Å². The normalized spacial score (nSPS) is 15.5. The van der Waals surface area contributed by atoms with Gasteiger partial charge in [0.15, 0.2) is 9.84 Å². The Balaban J connectivity index is 2.69. The van der Waals surface area contributed by atoms with E-state index in [0.717, 1.165) is 11.1 Å². The van der Waals surface area contributed by atoms with Crippen LogP contribution in [0.5, 0.6) is 0 Å². The van der Waals surface area contributed by atoms with Gasteiger partial charge < -0.3 is 5.73 Å². The van der Waals surface area contributed by atoms with Gasteiger partial charge in [-0.05, 0) is 31.4 Å². The van der Waals surface area contributed by atoms with E-state index in [1.807, 2.05) is 31.2 Å². The molecule has 96 valence electrons. The van der Waals surface area contributed by atoms with E-state index in [0.29, 0.717) is 6.42 Å². The molecule has 0 aliphatic heterocycles. The second-order valence-electron chi connectivity index (χ2n) is 4.16. The molecule has 0 bridgehead atoms. The van der Waals surface area contributed by atoms with Gasteiger partial charge in [0.05, 0.1) is 5.75 Å². The molecule has 0 radical (unpaired) electrons. The third-order valence-electron chi connectivity index (χ3n) is 2.80. The van der Waals surface area contributed by atoms with Crippen molar-refractivity contribution in [3.63, 3.8) is 0 Å². The van der Waals surface area contributed by atoms with Gasteiger partial charge >= 0.3 is 0 Å². The minimum atomic E-state index is -3.23. The second-order valence-corrected chi connectivity index (χ2v) is 7.52. The molecule has 0 aliphatic carbocycles. The minimum Gasteiger partial charge on any atom is -0.324 e. The number of nitrogens with two attached hydrogens (primary N) is 1. The maximum atomic E-state index is 11.6. The molecule has 0 spiro atoms. The Morgan fingerprint density at radius 1 is 1.35 bits per heavy atom. The molecule has 0 amide bonds. The van der Waals surface area contributed by atoms with E-state index in [1.165, 1.54) is 6.92 Å². The van der Waals surface area contributed by atoms with Crippen molar-refractivity contribution in [2.24, 2.45) is 5.73 Å². The molecule has 0 saturated heterocycles. The number of hydrogen-bond acceptors (Lipinski definition) is 3. The molecule has 2 N–H and O–H groups in total. The molecule has 1 aromatic rings. The van der Waals surface area contributed by atoms with Gasteiger partial charge in [0.1, 0.15) is 4.71 Å². The highest BCUT2D eigenvalue weighted by molar-refractivity contribution is 7.93. The zero-order chi connectivity index (χ0) is 13.1. The van der Waals surface area contributed by atoms with Crippen LogP contribution in [0.25, 0.3) is 0 Å². The summed E-state index contributed by atoms with van der Waals surface area (Å²) in [5.74, 6) is 0.0210. The molecular weight excluding hydrogens is 258 g/mol. The SMILES string of the molecule is Cc1ccccc1C(N)CCS(=O)(=O)C(C)Cl. The highest BCUT2D eigenvalue weighted by atomic mass is 35.5. The summed E-state index contributed by atoms with van der Waals surface area (Å²) in [4.78, 5) is 0.